The molecule has 7 nitrogen and oxygen atoms in total. The molecule has 1 amide bonds. The second-order valence-corrected chi connectivity index (χ2v) is 8.17. The minimum atomic E-state index is -0.785. The van der Waals surface area contributed by atoms with Gasteiger partial charge >= 0.3 is 0 Å². The van der Waals surface area contributed by atoms with E-state index in [0.717, 1.165) is 11.1 Å². The minimum Gasteiger partial charge on any atom is -0.503 e. The molecule has 0 radical (unpaired) electrons. The molecule has 3 aromatic rings. The van der Waals surface area contributed by atoms with E-state index in [1.165, 1.54) is 12.0 Å². The predicted octanol–water partition coefficient (Wildman–Crippen LogP) is 3.42. The molecular weight excluding hydrogens is 454 g/mol. The molecule has 0 fully saturated rings. The molecule has 0 aliphatic carbocycles. The Hall–Kier alpha value is -2.84. The number of aryl methyl sites for hydroxylation is 2. The van der Waals surface area contributed by atoms with Crippen LogP contribution in [-0.2, 0) is 0 Å². The number of aromatic hydroxyl groups is 1. The number of phenolic OH excluding ortho intramolecular Hbond substituents is 1. The Bertz CT molecular complexity index is 1250. The number of carbonyl (C=O) groups is 1. The summed E-state index contributed by atoms with van der Waals surface area (Å²) >= 11 is 3.29. The van der Waals surface area contributed by atoms with Crippen LogP contribution in [0.3, 0.4) is 0 Å². The first-order valence-corrected chi connectivity index (χ1v) is 10.1. The van der Waals surface area contributed by atoms with Gasteiger partial charge in [-0.2, -0.15) is 0 Å². The van der Waals surface area contributed by atoms with Gasteiger partial charge in [-0.15, -0.1) is 0 Å². The number of hydrogen-bond donors (Lipinski definition) is 2. The Morgan fingerprint density at radius 1 is 1.20 bits per heavy atom. The number of amides is 1. The summed E-state index contributed by atoms with van der Waals surface area (Å²) in [5, 5.41) is 20.1. The molecule has 0 saturated heterocycles. The van der Waals surface area contributed by atoms with Crippen LogP contribution in [0.25, 0.3) is 11.0 Å². The van der Waals surface area contributed by atoms with Crippen molar-refractivity contribution in [3.05, 3.63) is 67.0 Å². The van der Waals surface area contributed by atoms with Gasteiger partial charge in [0, 0.05) is 6.54 Å². The second kappa shape index (κ2) is 7.45. The Balaban J connectivity index is 2.05. The third-order valence-corrected chi connectivity index (χ3v) is 5.93. The first kappa shape index (κ1) is 20.4. The molecule has 0 spiro atoms. The Morgan fingerprint density at radius 3 is 2.60 bits per heavy atom. The maximum atomic E-state index is 13.5. The molecule has 0 saturated carbocycles. The zero-order valence-electron chi connectivity index (χ0n) is 16.7. The zero-order chi connectivity index (χ0) is 21.7. The molecule has 30 heavy (non-hydrogen) atoms. The Labute approximate surface area is 180 Å². The van der Waals surface area contributed by atoms with Crippen molar-refractivity contribution in [2.24, 2.45) is 0 Å². The second-order valence-electron chi connectivity index (χ2n) is 7.31. The number of carbonyl (C=O) groups excluding carboxylic acids is 1. The van der Waals surface area contributed by atoms with Crippen LogP contribution in [0.1, 0.15) is 38.9 Å². The van der Waals surface area contributed by atoms with Gasteiger partial charge in [0.1, 0.15) is 5.58 Å². The Kier molecular flexibility index (Phi) is 5.07. The lowest BCUT2D eigenvalue weighted by Crippen LogP contribution is -2.32. The van der Waals surface area contributed by atoms with Gasteiger partial charge in [0.2, 0.25) is 5.76 Å². The molecule has 156 valence electrons. The van der Waals surface area contributed by atoms with Gasteiger partial charge in [-0.25, -0.2) is 0 Å². The number of halogens is 1. The van der Waals surface area contributed by atoms with Crippen molar-refractivity contribution in [3.63, 3.8) is 0 Å². The predicted molar refractivity (Wildman–Crippen MR) is 114 cm³/mol. The molecule has 0 bridgehead atoms. The third kappa shape index (κ3) is 2.98. The summed E-state index contributed by atoms with van der Waals surface area (Å²) in [6.07, 6.45) is 0. The molecule has 4 rings (SSSR count). The summed E-state index contributed by atoms with van der Waals surface area (Å²) in [5.41, 5.74) is 2.53. The van der Waals surface area contributed by atoms with Crippen molar-refractivity contribution < 1.29 is 24.2 Å². The number of ether oxygens (including phenoxy) is 1. The van der Waals surface area contributed by atoms with Crippen molar-refractivity contribution >= 4 is 32.8 Å². The Morgan fingerprint density at radius 2 is 1.93 bits per heavy atom. The van der Waals surface area contributed by atoms with Gasteiger partial charge in [-0.1, -0.05) is 6.07 Å². The fourth-order valence-corrected chi connectivity index (χ4v) is 4.53. The van der Waals surface area contributed by atoms with E-state index in [1.807, 2.05) is 19.9 Å². The zero-order valence-corrected chi connectivity index (χ0v) is 18.2. The number of benzene rings is 2. The van der Waals surface area contributed by atoms with Gasteiger partial charge in [-0.05, 0) is 64.7 Å². The molecule has 2 heterocycles. The highest BCUT2D eigenvalue weighted by atomic mass is 79.9. The normalized spacial score (nSPS) is 15.7. The largest absolute Gasteiger partial charge is 0.503 e. The lowest BCUT2D eigenvalue weighted by Gasteiger charge is -2.25. The lowest BCUT2D eigenvalue weighted by atomic mass is 9.97. The van der Waals surface area contributed by atoms with Gasteiger partial charge in [0.15, 0.2) is 16.9 Å². The van der Waals surface area contributed by atoms with Crippen LogP contribution in [0.4, 0.5) is 0 Å². The van der Waals surface area contributed by atoms with E-state index in [4.69, 9.17) is 9.15 Å². The highest BCUT2D eigenvalue weighted by Crippen LogP contribution is 2.43. The fraction of sp³-hybridized carbons (Fsp3) is 0.273. The number of phenols is 1. The van der Waals surface area contributed by atoms with Crippen molar-refractivity contribution in [1.29, 1.82) is 0 Å². The van der Waals surface area contributed by atoms with E-state index in [2.05, 4.69) is 15.9 Å². The third-order valence-electron chi connectivity index (χ3n) is 5.32. The van der Waals surface area contributed by atoms with Crippen LogP contribution < -0.4 is 10.2 Å². The van der Waals surface area contributed by atoms with Gasteiger partial charge in [-0.3, -0.25) is 9.59 Å². The summed E-state index contributed by atoms with van der Waals surface area (Å²) in [5.74, 6) is -0.385. The van der Waals surface area contributed by atoms with Crippen LogP contribution >= 0.6 is 15.9 Å². The molecular formula is C22H20BrNO6. The first-order chi connectivity index (χ1) is 14.3. The SMILES string of the molecule is COc1cc([C@@H]2c3c(oc4c(C)cc(C)cc4c3=O)C(=O)N2CCO)cc(Br)c1O. The van der Waals surface area contributed by atoms with Crippen LogP contribution in [-0.4, -0.2) is 41.3 Å². The number of methoxy groups -OCH3 is 1. The van der Waals surface area contributed by atoms with Crippen molar-refractivity contribution in [2.75, 3.05) is 20.3 Å². The summed E-state index contributed by atoms with van der Waals surface area (Å²) in [7, 11) is 1.41. The molecule has 1 aliphatic heterocycles. The fourth-order valence-electron chi connectivity index (χ4n) is 4.07. The van der Waals surface area contributed by atoms with Crippen LogP contribution in [0, 0.1) is 13.8 Å². The smallest absolute Gasteiger partial charge is 0.290 e. The summed E-state index contributed by atoms with van der Waals surface area (Å²) in [6.45, 7) is 3.46. The minimum absolute atomic E-state index is 0.0162. The van der Waals surface area contributed by atoms with E-state index in [1.54, 1.807) is 18.2 Å². The highest BCUT2D eigenvalue weighted by Gasteiger charge is 2.43. The first-order valence-electron chi connectivity index (χ1n) is 9.34. The number of rotatable bonds is 4. The van der Waals surface area contributed by atoms with E-state index in [9.17, 15) is 19.8 Å². The van der Waals surface area contributed by atoms with Crippen molar-refractivity contribution in [3.8, 4) is 11.5 Å². The standard InChI is InChI=1S/C22H20BrNO6/c1-10-6-11(2)20-13(7-10)18(26)16-17(24(4-5-25)22(28)21(16)30-20)12-8-14(23)19(27)15(9-12)29-3/h6-9,17,25,27H,4-5H2,1-3H3/t17-/m1/s1. The van der Waals surface area contributed by atoms with E-state index in [-0.39, 0.29) is 41.4 Å². The average molecular weight is 474 g/mol. The summed E-state index contributed by atoms with van der Waals surface area (Å²) < 4.78 is 11.6. The number of hydrogen-bond acceptors (Lipinski definition) is 6. The summed E-state index contributed by atoms with van der Waals surface area (Å²) in [6, 6.07) is 6.05. The molecule has 1 aromatic heterocycles. The number of aliphatic hydroxyl groups excluding tert-OH is 1. The molecule has 2 N–H and O–H groups in total. The van der Waals surface area contributed by atoms with Crippen LogP contribution in [0.15, 0.2) is 37.9 Å². The maximum Gasteiger partial charge on any atom is 0.290 e. The molecule has 8 heteroatoms. The molecule has 1 atom stereocenters. The molecule has 0 unspecified atom stereocenters. The average Bonchev–Trinajstić information content (AvgIpc) is 2.98. The molecule has 2 aromatic carbocycles. The number of β-amino-alcohol motifs (C(OH)–C–C–N with tert-alkyl or cyclic N) is 1. The molecule has 1 aliphatic rings. The highest BCUT2D eigenvalue weighted by molar-refractivity contribution is 9.10. The van der Waals surface area contributed by atoms with Gasteiger partial charge in [0.25, 0.3) is 5.91 Å². The van der Waals surface area contributed by atoms with Crippen molar-refractivity contribution in [2.45, 2.75) is 19.9 Å². The van der Waals surface area contributed by atoms with Crippen molar-refractivity contribution in [1.82, 2.24) is 4.90 Å². The quantitative estimate of drug-likeness (QED) is 0.601. The number of aliphatic hydroxyl groups is 1. The van der Waals surface area contributed by atoms with E-state index < -0.39 is 11.9 Å². The van der Waals surface area contributed by atoms with Crippen LogP contribution in [0.2, 0.25) is 0 Å². The van der Waals surface area contributed by atoms with Gasteiger partial charge in [0.05, 0.1) is 35.2 Å². The monoisotopic (exact) mass is 473 g/mol. The topological polar surface area (TPSA) is 100 Å². The maximum absolute atomic E-state index is 13.5. The van der Waals surface area contributed by atoms with Crippen LogP contribution in [0.5, 0.6) is 11.5 Å². The van der Waals surface area contributed by atoms with E-state index >= 15 is 0 Å². The summed E-state index contributed by atoms with van der Waals surface area (Å²) in [4.78, 5) is 28.1. The lowest BCUT2D eigenvalue weighted by molar-refractivity contribution is 0.0691. The number of fused-ring (bicyclic) bond motifs is 2. The van der Waals surface area contributed by atoms with E-state index in [0.29, 0.717) is 21.0 Å². The van der Waals surface area contributed by atoms with Gasteiger partial charge < -0.3 is 24.3 Å². The number of nitrogens with zero attached hydrogens (tertiary/aromatic N) is 1.